The van der Waals surface area contributed by atoms with Crippen molar-refractivity contribution >= 4 is 38.0 Å². The molecule has 3 rings (SSSR count). The lowest BCUT2D eigenvalue weighted by Gasteiger charge is -2.13. The SMILES string of the molecule is CCOc1ccc2sc3ccccc3c(=O)c2c1CCOC=O. The molecule has 23 heavy (non-hydrogen) atoms. The molecule has 0 unspecified atom stereocenters. The first-order valence-electron chi connectivity index (χ1n) is 7.41. The van der Waals surface area contributed by atoms with E-state index >= 15 is 0 Å². The van der Waals surface area contributed by atoms with Gasteiger partial charge in [0, 0.05) is 32.2 Å². The molecular formula is C18H16O4S. The van der Waals surface area contributed by atoms with Gasteiger partial charge in [-0.1, -0.05) is 12.1 Å². The lowest BCUT2D eigenvalue weighted by Crippen LogP contribution is -2.09. The van der Waals surface area contributed by atoms with Crippen LogP contribution in [0, 0.1) is 0 Å². The molecule has 0 bridgehead atoms. The predicted octanol–water partition coefficient (Wildman–Crippen LogP) is 3.53. The van der Waals surface area contributed by atoms with Crippen molar-refractivity contribution in [2.45, 2.75) is 13.3 Å². The van der Waals surface area contributed by atoms with Gasteiger partial charge < -0.3 is 9.47 Å². The van der Waals surface area contributed by atoms with Crippen LogP contribution in [0.2, 0.25) is 0 Å². The fraction of sp³-hybridized carbons (Fsp3) is 0.222. The monoisotopic (exact) mass is 328 g/mol. The van der Waals surface area contributed by atoms with Crippen LogP contribution in [0.25, 0.3) is 20.2 Å². The zero-order valence-electron chi connectivity index (χ0n) is 12.7. The molecule has 0 atom stereocenters. The minimum absolute atomic E-state index is 0.00277. The minimum atomic E-state index is -0.00277. The molecule has 1 heterocycles. The van der Waals surface area contributed by atoms with Crippen molar-refractivity contribution in [1.29, 1.82) is 0 Å². The van der Waals surface area contributed by atoms with Crippen LogP contribution < -0.4 is 10.2 Å². The number of ether oxygens (including phenoxy) is 2. The maximum absolute atomic E-state index is 12.9. The van der Waals surface area contributed by atoms with Crippen LogP contribution in [0.5, 0.6) is 5.75 Å². The number of benzene rings is 2. The van der Waals surface area contributed by atoms with Crippen LogP contribution in [0.1, 0.15) is 12.5 Å². The third kappa shape index (κ3) is 2.92. The number of carbonyl (C=O) groups is 1. The summed E-state index contributed by atoms with van der Waals surface area (Å²) in [6.07, 6.45) is 0.450. The molecule has 0 aliphatic rings. The Morgan fingerprint density at radius 1 is 1.13 bits per heavy atom. The lowest BCUT2D eigenvalue weighted by atomic mass is 10.0. The first-order valence-corrected chi connectivity index (χ1v) is 8.23. The molecule has 0 amide bonds. The largest absolute Gasteiger partial charge is 0.494 e. The average molecular weight is 328 g/mol. The summed E-state index contributed by atoms with van der Waals surface area (Å²) < 4.78 is 12.4. The van der Waals surface area contributed by atoms with E-state index in [9.17, 15) is 9.59 Å². The number of fused-ring (bicyclic) bond motifs is 2. The van der Waals surface area contributed by atoms with Crippen molar-refractivity contribution in [2.24, 2.45) is 0 Å². The Balaban J connectivity index is 2.28. The Morgan fingerprint density at radius 2 is 1.96 bits per heavy atom. The van der Waals surface area contributed by atoms with E-state index in [0.29, 0.717) is 36.0 Å². The molecular weight excluding hydrogens is 312 g/mol. The van der Waals surface area contributed by atoms with Gasteiger partial charge in [-0.25, -0.2) is 0 Å². The second kappa shape index (κ2) is 6.79. The molecule has 5 heteroatoms. The van der Waals surface area contributed by atoms with Crippen LogP contribution >= 0.6 is 11.3 Å². The third-order valence-corrected chi connectivity index (χ3v) is 4.78. The molecule has 0 N–H and O–H groups in total. The van der Waals surface area contributed by atoms with Crippen molar-refractivity contribution in [3.63, 3.8) is 0 Å². The van der Waals surface area contributed by atoms with E-state index in [1.807, 2.05) is 43.3 Å². The van der Waals surface area contributed by atoms with Gasteiger partial charge in [-0.05, 0) is 31.2 Å². The van der Waals surface area contributed by atoms with E-state index in [4.69, 9.17) is 9.47 Å². The smallest absolute Gasteiger partial charge is 0.293 e. The summed E-state index contributed by atoms with van der Waals surface area (Å²) in [6, 6.07) is 11.4. The molecule has 0 saturated heterocycles. The van der Waals surface area contributed by atoms with Gasteiger partial charge in [-0.15, -0.1) is 11.3 Å². The van der Waals surface area contributed by atoms with Gasteiger partial charge in [0.15, 0.2) is 5.43 Å². The van der Waals surface area contributed by atoms with Crippen molar-refractivity contribution in [3.8, 4) is 5.75 Å². The number of carbonyl (C=O) groups excluding carboxylic acids is 1. The van der Waals surface area contributed by atoms with E-state index in [1.54, 1.807) is 11.3 Å². The molecule has 118 valence electrons. The van der Waals surface area contributed by atoms with Crippen LogP contribution in [0.3, 0.4) is 0 Å². The lowest BCUT2D eigenvalue weighted by molar-refractivity contribution is -0.128. The van der Waals surface area contributed by atoms with Gasteiger partial charge >= 0.3 is 0 Å². The van der Waals surface area contributed by atoms with Crippen LogP contribution in [-0.4, -0.2) is 19.7 Å². The quantitative estimate of drug-likeness (QED) is 0.395. The number of hydrogen-bond acceptors (Lipinski definition) is 5. The van der Waals surface area contributed by atoms with Gasteiger partial charge in [0.2, 0.25) is 0 Å². The molecule has 0 spiro atoms. The van der Waals surface area contributed by atoms with Gasteiger partial charge in [0.1, 0.15) is 5.75 Å². The molecule has 0 aliphatic heterocycles. The first kappa shape index (κ1) is 15.5. The second-order valence-electron chi connectivity index (χ2n) is 4.99. The van der Waals surface area contributed by atoms with E-state index in [0.717, 1.165) is 15.0 Å². The molecule has 0 saturated carbocycles. The molecule has 1 aromatic heterocycles. The van der Waals surface area contributed by atoms with Crippen molar-refractivity contribution < 1.29 is 14.3 Å². The van der Waals surface area contributed by atoms with Gasteiger partial charge in [-0.2, -0.15) is 0 Å². The van der Waals surface area contributed by atoms with Gasteiger partial charge in [-0.3, -0.25) is 9.59 Å². The second-order valence-corrected chi connectivity index (χ2v) is 6.08. The summed E-state index contributed by atoms with van der Waals surface area (Å²) in [5.41, 5.74) is 0.801. The first-order chi connectivity index (χ1) is 11.3. The Kier molecular flexibility index (Phi) is 4.57. The Morgan fingerprint density at radius 3 is 2.74 bits per heavy atom. The summed E-state index contributed by atoms with van der Waals surface area (Å²) in [6.45, 7) is 3.05. The highest BCUT2D eigenvalue weighted by Crippen LogP contribution is 2.32. The summed E-state index contributed by atoms with van der Waals surface area (Å²) >= 11 is 1.58. The molecule has 0 fully saturated rings. The van der Waals surface area contributed by atoms with E-state index in [-0.39, 0.29) is 12.0 Å². The number of hydrogen-bond donors (Lipinski definition) is 0. The maximum Gasteiger partial charge on any atom is 0.293 e. The summed E-state index contributed by atoms with van der Waals surface area (Å²) in [7, 11) is 0. The average Bonchev–Trinajstić information content (AvgIpc) is 2.57. The maximum atomic E-state index is 12.9. The number of rotatable bonds is 6. The van der Waals surface area contributed by atoms with Crippen molar-refractivity contribution in [2.75, 3.05) is 13.2 Å². The van der Waals surface area contributed by atoms with E-state index in [1.165, 1.54) is 0 Å². The zero-order valence-corrected chi connectivity index (χ0v) is 13.5. The highest BCUT2D eigenvalue weighted by molar-refractivity contribution is 7.24. The van der Waals surface area contributed by atoms with E-state index < -0.39 is 0 Å². The Bertz CT molecular complexity index is 914. The van der Waals surface area contributed by atoms with Gasteiger partial charge in [0.05, 0.1) is 13.2 Å². The van der Waals surface area contributed by atoms with Crippen LogP contribution in [0.15, 0.2) is 41.2 Å². The predicted molar refractivity (Wildman–Crippen MR) is 92.5 cm³/mol. The molecule has 4 nitrogen and oxygen atoms in total. The van der Waals surface area contributed by atoms with Gasteiger partial charge in [0.25, 0.3) is 6.47 Å². The summed E-state index contributed by atoms with van der Waals surface area (Å²) in [5, 5.41) is 1.37. The molecule has 0 aliphatic carbocycles. The Hall–Kier alpha value is -2.40. The summed E-state index contributed by atoms with van der Waals surface area (Å²) in [4.78, 5) is 23.3. The molecule has 3 aromatic rings. The fourth-order valence-corrected chi connectivity index (χ4v) is 3.79. The van der Waals surface area contributed by atoms with Crippen LogP contribution in [0.4, 0.5) is 0 Å². The standard InChI is InChI=1S/C18H16O4S/c1-2-22-14-7-8-16-17(12(14)9-10-21-11-19)18(20)13-5-3-4-6-15(13)23-16/h3-8,11H,2,9-10H2,1H3. The minimum Gasteiger partial charge on any atom is -0.494 e. The fourth-order valence-electron chi connectivity index (χ4n) is 2.69. The van der Waals surface area contributed by atoms with Crippen molar-refractivity contribution in [3.05, 3.63) is 52.2 Å². The summed E-state index contributed by atoms with van der Waals surface area (Å²) in [5.74, 6) is 0.675. The topological polar surface area (TPSA) is 52.6 Å². The normalized spacial score (nSPS) is 10.8. The molecule has 2 aromatic carbocycles. The van der Waals surface area contributed by atoms with E-state index in [2.05, 4.69) is 0 Å². The highest BCUT2D eigenvalue weighted by Gasteiger charge is 2.14. The van der Waals surface area contributed by atoms with Crippen molar-refractivity contribution in [1.82, 2.24) is 0 Å². The Labute approximate surface area is 137 Å². The van der Waals surface area contributed by atoms with Crippen LogP contribution in [-0.2, 0) is 16.0 Å². The third-order valence-electron chi connectivity index (χ3n) is 3.65. The zero-order chi connectivity index (χ0) is 16.2. The molecule has 0 radical (unpaired) electrons. The highest BCUT2D eigenvalue weighted by atomic mass is 32.1.